The predicted octanol–water partition coefficient (Wildman–Crippen LogP) is 28.7. The molecule has 21 heteroatoms. The van der Waals surface area contributed by atoms with Gasteiger partial charge in [0.2, 0.25) is 0 Å². The molecule has 5 N–H and O–H groups in total. The van der Waals surface area contributed by atoms with Crippen LogP contribution in [-0.4, -0.2) is 46.7 Å². The van der Waals surface area contributed by atoms with E-state index in [1.807, 2.05) is 171 Å². The second kappa shape index (κ2) is 34.0. The molecular weight excluding hydrogens is 1690 g/mol. The highest BCUT2D eigenvalue weighted by Crippen LogP contribution is 2.65. The Labute approximate surface area is 733 Å². The maximum atomic E-state index is 16.9. The molecule has 6 aromatic heterocycles. The average molecular weight is 1770 g/mol. The number of aliphatic hydroxyl groups is 5. The van der Waals surface area contributed by atoms with Gasteiger partial charge >= 0.3 is 0 Å². The fourth-order valence-corrected chi connectivity index (χ4v) is 29.6. The summed E-state index contributed by atoms with van der Waals surface area (Å²) >= 11 is 17.9. The van der Waals surface area contributed by atoms with Crippen LogP contribution in [0, 0.1) is 33.5 Å². The van der Waals surface area contributed by atoms with Gasteiger partial charge in [-0.2, -0.15) is 0 Å². The SMILES string of the molecule is COc1cccc2c(Sc3ccccc3C(O)c3cccc(C(OC(O)c4ccccc4Sc4csc5cc(C)ccc45)(C(O)c4ccccc4Sc4csc5c(C)ccc(C)c45)C(O)(c4ccccc4Sc4csc5cccc(F)c45)C(O)c4ccccc4Sc4csc5c(C)cccc45)c3Sc3csc4ccc(N(C)C)cc34)csc12. The van der Waals surface area contributed by atoms with Crippen molar-refractivity contribution in [2.45, 2.75) is 122 Å². The standard InChI is InChI=1S/C97H76FNO7S12/c1-54-40-44-59-79(46-54)109-48-80(59)115-76-37-16-11-26-65(76)95(103)106-97(94(102)64-25-10-15-36-75(64)116-84-53-111-90-57(4)42-41-55(2)86(84)90,96(104,68-30-12-17-38-77(68)117-85-52-108-78-39-21-32-70(98)87(78)85)93(101)63-24-9-14-35-74(63)114-81-50-110-89-56(3)22-18-27-61(81)89)69-31-19-29-66(91(69)118-83-49-107-72-45-43-58(99(5)6)47-67(72)83)88(100)60-23-8-13-34-73(60)113-82-51-112-92-62(82)28-20-33-71(92)105-7/h8-53,88,93-95,100-104H,1-7H3. The summed E-state index contributed by atoms with van der Waals surface area (Å²) < 4.78 is 37.1. The highest BCUT2D eigenvalue weighted by Gasteiger charge is 2.66. The molecule has 0 aliphatic rings. The van der Waals surface area contributed by atoms with Gasteiger partial charge in [-0.1, -0.05) is 240 Å². The van der Waals surface area contributed by atoms with Gasteiger partial charge in [-0.15, -0.1) is 68.0 Å². The summed E-state index contributed by atoms with van der Waals surface area (Å²) in [7, 11) is 5.69. The Hall–Kier alpha value is -8.21. The number of nitrogens with zero attached hydrogens (tertiary/aromatic N) is 1. The highest BCUT2D eigenvalue weighted by molar-refractivity contribution is 8.01. The molecule has 6 atom stereocenters. The van der Waals surface area contributed by atoms with Crippen LogP contribution in [0.15, 0.2) is 334 Å². The van der Waals surface area contributed by atoms with Crippen LogP contribution >= 0.6 is 139 Å². The zero-order valence-electron chi connectivity index (χ0n) is 64.6. The molecule has 18 rings (SSSR count). The average Bonchev–Trinajstić information content (AvgIpc) is 0.961. The van der Waals surface area contributed by atoms with Crippen LogP contribution < -0.4 is 9.64 Å². The number of fused-ring (bicyclic) bond motifs is 6. The van der Waals surface area contributed by atoms with Crippen molar-refractivity contribution in [2.24, 2.45) is 0 Å². The van der Waals surface area contributed by atoms with Crippen LogP contribution in [0.3, 0.4) is 0 Å². The van der Waals surface area contributed by atoms with E-state index in [-0.39, 0.29) is 22.3 Å². The van der Waals surface area contributed by atoms with Crippen LogP contribution in [-0.2, 0) is 15.9 Å². The number of aryl methyl sites for hydroxylation is 4. The normalized spacial score (nSPS) is 14.0. The van der Waals surface area contributed by atoms with Crippen molar-refractivity contribution in [1.29, 1.82) is 0 Å². The highest BCUT2D eigenvalue weighted by atomic mass is 32.2. The van der Waals surface area contributed by atoms with Crippen molar-refractivity contribution in [2.75, 3.05) is 26.1 Å². The number of ether oxygens (including phenoxy) is 2. The second-order valence-corrected chi connectivity index (χ2v) is 41.0. The Morgan fingerprint density at radius 3 is 1.59 bits per heavy atom. The summed E-state index contributed by atoms with van der Waals surface area (Å²) in [5.74, 6) is 0.318. The van der Waals surface area contributed by atoms with Gasteiger partial charge < -0.3 is 39.9 Å². The molecule has 590 valence electrons. The first-order valence-electron chi connectivity index (χ1n) is 38.0. The van der Waals surface area contributed by atoms with E-state index < -0.39 is 41.6 Å². The summed E-state index contributed by atoms with van der Waals surface area (Å²) in [6.45, 7) is 8.40. The van der Waals surface area contributed by atoms with E-state index >= 15 is 19.7 Å². The summed E-state index contributed by atoms with van der Waals surface area (Å²) in [6.07, 6.45) is -7.84. The number of rotatable bonds is 26. The Morgan fingerprint density at radius 1 is 0.373 bits per heavy atom. The Morgan fingerprint density at radius 2 is 0.873 bits per heavy atom. The molecule has 8 nitrogen and oxygen atoms in total. The Balaban J connectivity index is 0.970. The van der Waals surface area contributed by atoms with Gasteiger partial charge in [0.05, 0.1) is 11.8 Å². The Bertz CT molecular complexity index is 6840. The van der Waals surface area contributed by atoms with Gasteiger partial charge in [0.25, 0.3) is 0 Å². The van der Waals surface area contributed by atoms with Crippen LogP contribution in [0.4, 0.5) is 10.1 Å². The van der Waals surface area contributed by atoms with Crippen LogP contribution in [0.1, 0.15) is 85.8 Å². The molecule has 0 amide bonds. The molecule has 0 saturated heterocycles. The third-order valence-corrected chi connectivity index (χ3v) is 35.6. The summed E-state index contributed by atoms with van der Waals surface area (Å²) in [6, 6.07) is 77.5. The second-order valence-electron chi connectivity index (χ2n) is 29.1. The first-order valence-corrected chi connectivity index (χ1v) is 48.1. The number of thiophene rings is 6. The Kier molecular flexibility index (Phi) is 23.3. The largest absolute Gasteiger partial charge is 0.495 e. The molecule has 12 aromatic carbocycles. The molecule has 18 aromatic rings. The lowest BCUT2D eigenvalue weighted by Gasteiger charge is -2.54. The molecule has 118 heavy (non-hydrogen) atoms. The van der Waals surface area contributed by atoms with Crippen LogP contribution in [0.2, 0.25) is 0 Å². The van der Waals surface area contributed by atoms with Crippen molar-refractivity contribution in [3.05, 3.63) is 342 Å². The topological polar surface area (TPSA) is 123 Å². The first-order chi connectivity index (χ1) is 57.4. The van der Waals surface area contributed by atoms with Gasteiger partial charge in [-0.3, -0.25) is 0 Å². The van der Waals surface area contributed by atoms with Gasteiger partial charge in [-0.25, -0.2) is 4.39 Å². The zero-order chi connectivity index (χ0) is 81.3. The van der Waals surface area contributed by atoms with Gasteiger partial charge in [0.15, 0.2) is 17.5 Å². The maximum Gasteiger partial charge on any atom is 0.183 e. The van der Waals surface area contributed by atoms with Crippen molar-refractivity contribution in [3.8, 4) is 5.75 Å². The number of aliphatic hydroxyl groups excluding tert-OH is 4. The van der Waals surface area contributed by atoms with Crippen molar-refractivity contribution in [3.63, 3.8) is 0 Å². The number of anilines is 1. The van der Waals surface area contributed by atoms with Crippen LogP contribution in [0.5, 0.6) is 5.75 Å². The van der Waals surface area contributed by atoms with E-state index in [2.05, 4.69) is 126 Å². The zero-order valence-corrected chi connectivity index (χ0v) is 74.4. The van der Waals surface area contributed by atoms with Crippen LogP contribution in [0.25, 0.3) is 60.5 Å². The fraction of sp³-hybridized carbons (Fsp3) is 0.134. The number of methoxy groups -OCH3 is 1. The molecule has 0 bridgehead atoms. The van der Waals surface area contributed by atoms with Crippen molar-refractivity contribution >= 4 is 205 Å². The van der Waals surface area contributed by atoms with E-state index in [1.165, 1.54) is 88.0 Å². The minimum atomic E-state index is -3.07. The lowest BCUT2D eigenvalue weighted by Crippen LogP contribution is -2.59. The summed E-state index contributed by atoms with van der Waals surface area (Å²) in [5, 5.41) is 95.4. The monoisotopic (exact) mass is 1770 g/mol. The minimum absolute atomic E-state index is 0.0634. The molecule has 0 spiro atoms. The molecule has 0 fully saturated rings. The first kappa shape index (κ1) is 80.8. The van der Waals surface area contributed by atoms with Gasteiger partial charge in [-0.05, 0) is 145 Å². The van der Waals surface area contributed by atoms with Crippen molar-refractivity contribution in [1.82, 2.24) is 0 Å². The van der Waals surface area contributed by atoms with Crippen molar-refractivity contribution < 1.29 is 39.4 Å². The maximum absolute atomic E-state index is 16.9. The van der Waals surface area contributed by atoms with E-state index in [0.29, 0.717) is 56.1 Å². The lowest BCUT2D eigenvalue weighted by molar-refractivity contribution is -0.328. The molecule has 0 aliphatic heterocycles. The molecule has 0 radical (unpaired) electrons. The molecule has 6 unspecified atom stereocenters. The summed E-state index contributed by atoms with van der Waals surface area (Å²) in [4.78, 5) is 10.3. The quantitative estimate of drug-likeness (QED) is 0.0331. The number of hydrogen-bond donors (Lipinski definition) is 5. The summed E-state index contributed by atoms with van der Waals surface area (Å²) in [5.41, 5.74) is 1.25. The van der Waals surface area contributed by atoms with Gasteiger partial charge in [0, 0.05) is 183 Å². The third kappa shape index (κ3) is 14.8. The minimum Gasteiger partial charge on any atom is -0.495 e. The molecule has 0 saturated carbocycles. The number of hydrogen-bond acceptors (Lipinski definition) is 20. The molecule has 6 heterocycles. The molecular formula is C97H76FNO7S12. The smallest absolute Gasteiger partial charge is 0.183 e. The van der Waals surface area contributed by atoms with E-state index in [9.17, 15) is 10.2 Å². The van der Waals surface area contributed by atoms with Gasteiger partial charge in [0.1, 0.15) is 29.9 Å². The van der Waals surface area contributed by atoms with E-state index in [1.54, 1.807) is 82.0 Å². The lowest BCUT2D eigenvalue weighted by atomic mass is 9.64. The third-order valence-electron chi connectivity index (χ3n) is 21.7. The van der Waals surface area contributed by atoms with E-state index in [0.717, 1.165) is 113 Å². The molecule has 0 aliphatic carbocycles. The number of benzene rings is 12. The predicted molar refractivity (Wildman–Crippen MR) is 500 cm³/mol. The fourth-order valence-electron chi connectivity index (χ4n) is 15.7. The number of halogens is 1. The van der Waals surface area contributed by atoms with E-state index in [4.69, 9.17) is 9.47 Å².